The number of aryl methyl sites for hydroxylation is 2. The predicted octanol–water partition coefficient (Wildman–Crippen LogP) is 1.95. The van der Waals surface area contributed by atoms with E-state index in [1.807, 2.05) is 32.0 Å². The second-order valence-electron chi connectivity index (χ2n) is 6.00. The summed E-state index contributed by atoms with van der Waals surface area (Å²) in [7, 11) is 0. The van der Waals surface area contributed by atoms with Crippen molar-refractivity contribution in [2.75, 3.05) is 5.32 Å². The highest BCUT2D eigenvalue weighted by Gasteiger charge is 2.27. The van der Waals surface area contributed by atoms with Gasteiger partial charge in [-0.1, -0.05) is 0 Å². The van der Waals surface area contributed by atoms with Crippen LogP contribution in [0.15, 0.2) is 24.4 Å². The van der Waals surface area contributed by atoms with Gasteiger partial charge in [0.05, 0.1) is 17.6 Å². The van der Waals surface area contributed by atoms with Crippen molar-refractivity contribution in [1.82, 2.24) is 14.8 Å². The Kier molecular flexibility index (Phi) is 3.94. The Balaban J connectivity index is 1.69. The molecular weight excluding hydrogens is 278 g/mol. The van der Waals surface area contributed by atoms with Gasteiger partial charge in [0, 0.05) is 17.7 Å². The molecule has 3 N–H and O–H groups in total. The summed E-state index contributed by atoms with van der Waals surface area (Å²) < 4.78 is 1.79. The van der Waals surface area contributed by atoms with Gasteiger partial charge in [-0.25, -0.2) is 9.67 Å². The number of carbonyl (C=O) groups is 1. The molecule has 2 aromatic rings. The summed E-state index contributed by atoms with van der Waals surface area (Å²) in [6.07, 6.45) is 4.22. The fraction of sp³-hybridized carbons (Fsp3) is 0.438. The zero-order valence-corrected chi connectivity index (χ0v) is 12.9. The second-order valence-corrected chi connectivity index (χ2v) is 6.00. The Labute approximate surface area is 129 Å². The zero-order valence-electron chi connectivity index (χ0n) is 12.9. The van der Waals surface area contributed by atoms with E-state index < -0.39 is 0 Å². The summed E-state index contributed by atoms with van der Waals surface area (Å²) in [5.74, 6) is 0.797. The largest absolute Gasteiger partial charge is 0.328 e. The van der Waals surface area contributed by atoms with E-state index in [9.17, 15) is 4.79 Å². The number of aromatic nitrogens is 3. The standard InChI is InChI=1S/C16H21N5O/c1-10-7-11(2)21(20-10)15-6-5-14(9-18-15)19-16(22)12-3-4-13(17)8-12/h5-7,9,12-13H,3-4,8,17H2,1-2H3,(H,19,22). The van der Waals surface area contributed by atoms with E-state index in [2.05, 4.69) is 15.4 Å². The highest BCUT2D eigenvalue weighted by atomic mass is 16.1. The molecule has 1 amide bonds. The monoisotopic (exact) mass is 299 g/mol. The molecular formula is C16H21N5O. The average molecular weight is 299 g/mol. The van der Waals surface area contributed by atoms with Crippen molar-refractivity contribution in [3.8, 4) is 5.82 Å². The molecule has 2 aromatic heterocycles. The van der Waals surface area contributed by atoms with Gasteiger partial charge in [-0.15, -0.1) is 0 Å². The SMILES string of the molecule is Cc1cc(C)n(-c2ccc(NC(=O)C3CCC(N)C3)cn2)n1. The van der Waals surface area contributed by atoms with Crippen LogP contribution in [0.25, 0.3) is 5.82 Å². The van der Waals surface area contributed by atoms with Gasteiger partial charge in [0.2, 0.25) is 5.91 Å². The van der Waals surface area contributed by atoms with Crippen LogP contribution in [0, 0.1) is 19.8 Å². The van der Waals surface area contributed by atoms with Gasteiger partial charge in [-0.3, -0.25) is 4.79 Å². The van der Waals surface area contributed by atoms with Gasteiger partial charge < -0.3 is 11.1 Å². The first-order valence-corrected chi connectivity index (χ1v) is 7.59. The molecule has 1 aliphatic rings. The number of nitrogens with one attached hydrogen (secondary N) is 1. The molecule has 0 radical (unpaired) electrons. The second kappa shape index (κ2) is 5.88. The van der Waals surface area contributed by atoms with Crippen molar-refractivity contribution in [2.24, 2.45) is 11.7 Å². The van der Waals surface area contributed by atoms with E-state index in [-0.39, 0.29) is 17.9 Å². The van der Waals surface area contributed by atoms with Crippen molar-refractivity contribution >= 4 is 11.6 Å². The van der Waals surface area contributed by atoms with E-state index in [4.69, 9.17) is 5.73 Å². The number of hydrogen-bond donors (Lipinski definition) is 2. The lowest BCUT2D eigenvalue weighted by Crippen LogP contribution is -2.23. The Morgan fingerprint density at radius 3 is 2.73 bits per heavy atom. The quantitative estimate of drug-likeness (QED) is 0.907. The van der Waals surface area contributed by atoms with Crippen molar-refractivity contribution in [3.63, 3.8) is 0 Å². The van der Waals surface area contributed by atoms with Crippen LogP contribution in [0.3, 0.4) is 0 Å². The molecule has 0 aromatic carbocycles. The number of hydrogen-bond acceptors (Lipinski definition) is 4. The molecule has 3 rings (SSSR count). The molecule has 0 aliphatic heterocycles. The molecule has 22 heavy (non-hydrogen) atoms. The molecule has 116 valence electrons. The fourth-order valence-electron chi connectivity index (χ4n) is 2.94. The minimum atomic E-state index is 0.0192. The molecule has 1 fully saturated rings. The number of carbonyl (C=O) groups excluding carboxylic acids is 1. The summed E-state index contributed by atoms with van der Waals surface area (Å²) in [4.78, 5) is 16.5. The first kappa shape index (κ1) is 14.7. The summed E-state index contributed by atoms with van der Waals surface area (Å²) in [5.41, 5.74) is 8.54. The van der Waals surface area contributed by atoms with Gasteiger partial charge in [0.1, 0.15) is 0 Å². The summed E-state index contributed by atoms with van der Waals surface area (Å²) >= 11 is 0. The number of rotatable bonds is 3. The molecule has 2 atom stereocenters. The maximum absolute atomic E-state index is 12.2. The molecule has 0 spiro atoms. The summed E-state index contributed by atoms with van der Waals surface area (Å²) in [5, 5.41) is 7.31. The Morgan fingerprint density at radius 2 is 2.18 bits per heavy atom. The van der Waals surface area contributed by atoms with Crippen LogP contribution < -0.4 is 11.1 Å². The molecule has 2 unspecified atom stereocenters. The highest BCUT2D eigenvalue weighted by molar-refractivity contribution is 5.92. The molecule has 6 heteroatoms. The van der Waals surface area contributed by atoms with Crippen molar-refractivity contribution in [2.45, 2.75) is 39.2 Å². The van der Waals surface area contributed by atoms with Crippen molar-refractivity contribution < 1.29 is 4.79 Å². The number of nitrogens with zero attached hydrogens (tertiary/aromatic N) is 3. The molecule has 0 saturated heterocycles. The van der Waals surface area contributed by atoms with Gasteiger partial charge >= 0.3 is 0 Å². The topological polar surface area (TPSA) is 85.8 Å². The van der Waals surface area contributed by atoms with E-state index in [1.165, 1.54) is 0 Å². The number of amides is 1. The van der Waals surface area contributed by atoms with Crippen LogP contribution >= 0.6 is 0 Å². The number of pyridine rings is 1. The first-order valence-electron chi connectivity index (χ1n) is 7.59. The zero-order chi connectivity index (χ0) is 15.7. The van der Waals surface area contributed by atoms with Crippen LogP contribution in [-0.4, -0.2) is 26.7 Å². The lowest BCUT2D eigenvalue weighted by atomic mass is 10.1. The Hall–Kier alpha value is -2.21. The Morgan fingerprint density at radius 1 is 1.36 bits per heavy atom. The maximum atomic E-state index is 12.2. The predicted molar refractivity (Wildman–Crippen MR) is 84.8 cm³/mol. The minimum absolute atomic E-state index is 0.0192. The van der Waals surface area contributed by atoms with Gasteiger partial charge in [0.15, 0.2) is 5.82 Å². The molecule has 0 bridgehead atoms. The minimum Gasteiger partial charge on any atom is -0.328 e. The lowest BCUT2D eigenvalue weighted by Gasteiger charge is -2.11. The fourth-order valence-corrected chi connectivity index (χ4v) is 2.94. The first-order chi connectivity index (χ1) is 10.5. The van der Waals surface area contributed by atoms with Crippen LogP contribution in [0.2, 0.25) is 0 Å². The normalized spacial score (nSPS) is 21.0. The maximum Gasteiger partial charge on any atom is 0.227 e. The van der Waals surface area contributed by atoms with E-state index >= 15 is 0 Å². The van der Waals surface area contributed by atoms with Gasteiger partial charge in [0.25, 0.3) is 0 Å². The van der Waals surface area contributed by atoms with Gasteiger partial charge in [-0.2, -0.15) is 5.10 Å². The van der Waals surface area contributed by atoms with Crippen LogP contribution in [0.5, 0.6) is 0 Å². The summed E-state index contributed by atoms with van der Waals surface area (Å²) in [6.45, 7) is 3.94. The Bertz CT molecular complexity index is 676. The molecule has 6 nitrogen and oxygen atoms in total. The molecule has 1 aliphatic carbocycles. The molecule has 2 heterocycles. The third-order valence-corrected chi connectivity index (χ3v) is 4.09. The van der Waals surface area contributed by atoms with Crippen molar-refractivity contribution in [1.29, 1.82) is 0 Å². The van der Waals surface area contributed by atoms with Crippen molar-refractivity contribution in [3.05, 3.63) is 35.8 Å². The van der Waals surface area contributed by atoms with Crippen LogP contribution in [-0.2, 0) is 4.79 Å². The average Bonchev–Trinajstić information content (AvgIpc) is 3.05. The van der Waals surface area contributed by atoms with Crippen LogP contribution in [0.4, 0.5) is 5.69 Å². The van der Waals surface area contributed by atoms with E-state index in [1.54, 1.807) is 10.9 Å². The lowest BCUT2D eigenvalue weighted by molar-refractivity contribution is -0.119. The smallest absolute Gasteiger partial charge is 0.227 e. The summed E-state index contributed by atoms with van der Waals surface area (Å²) in [6, 6.07) is 5.86. The van der Waals surface area contributed by atoms with E-state index in [0.29, 0.717) is 5.69 Å². The molecule has 1 saturated carbocycles. The number of nitrogens with two attached hydrogens (primary N) is 1. The van der Waals surface area contributed by atoms with Crippen LogP contribution in [0.1, 0.15) is 30.7 Å². The van der Waals surface area contributed by atoms with Gasteiger partial charge in [-0.05, 0) is 51.3 Å². The highest BCUT2D eigenvalue weighted by Crippen LogP contribution is 2.25. The number of anilines is 1. The van der Waals surface area contributed by atoms with E-state index in [0.717, 1.165) is 36.5 Å². The third-order valence-electron chi connectivity index (χ3n) is 4.09. The third kappa shape index (κ3) is 3.01.